The van der Waals surface area contributed by atoms with E-state index in [4.69, 9.17) is 32.7 Å². The van der Waals surface area contributed by atoms with Crippen LogP contribution < -0.4 is 9.47 Å². The molecule has 3 nitrogen and oxygen atoms in total. The van der Waals surface area contributed by atoms with Crippen molar-refractivity contribution in [1.29, 1.82) is 0 Å². The summed E-state index contributed by atoms with van der Waals surface area (Å²) in [5.74, 6) is 0.664. The van der Waals surface area contributed by atoms with Crippen molar-refractivity contribution < 1.29 is 14.3 Å². The fraction of sp³-hybridized carbons (Fsp3) is 0.118. The second-order valence-corrected chi connectivity index (χ2v) is 6.77. The second-order valence-electron chi connectivity index (χ2n) is 4.91. The fourth-order valence-corrected chi connectivity index (χ4v) is 3.76. The summed E-state index contributed by atoms with van der Waals surface area (Å²) >= 11 is 13.5. The summed E-state index contributed by atoms with van der Waals surface area (Å²) in [6.45, 7) is 1.83. The van der Waals surface area contributed by atoms with E-state index in [9.17, 15) is 4.79 Å². The fourth-order valence-electron chi connectivity index (χ4n) is 2.18. The second kappa shape index (κ2) is 6.40. The largest absolute Gasteiger partial charge is 0.497 e. The van der Waals surface area contributed by atoms with Crippen molar-refractivity contribution in [2.75, 3.05) is 7.11 Å². The highest BCUT2D eigenvalue weighted by Crippen LogP contribution is 2.38. The molecule has 3 rings (SSSR count). The zero-order chi connectivity index (χ0) is 16.6. The van der Waals surface area contributed by atoms with Crippen LogP contribution in [0.2, 0.25) is 10.0 Å². The Hall–Kier alpha value is -1.75. The van der Waals surface area contributed by atoms with Gasteiger partial charge in [0.05, 0.1) is 12.1 Å². The predicted octanol–water partition coefficient (Wildman–Crippen LogP) is 5.74. The number of hydrogen-bond acceptors (Lipinski definition) is 4. The van der Waals surface area contributed by atoms with Gasteiger partial charge in [0.15, 0.2) is 0 Å². The number of methoxy groups -OCH3 is 1. The molecule has 2 aromatic carbocycles. The number of benzene rings is 2. The van der Waals surface area contributed by atoms with Crippen LogP contribution in [0.4, 0.5) is 0 Å². The van der Waals surface area contributed by atoms with E-state index >= 15 is 0 Å². The van der Waals surface area contributed by atoms with Crippen LogP contribution in [-0.4, -0.2) is 13.1 Å². The number of carbonyl (C=O) groups excluding carboxylic acids is 1. The third-order valence-electron chi connectivity index (χ3n) is 3.36. The van der Waals surface area contributed by atoms with Gasteiger partial charge in [0.2, 0.25) is 0 Å². The molecule has 0 radical (unpaired) electrons. The topological polar surface area (TPSA) is 35.5 Å². The molecule has 0 bridgehead atoms. The Morgan fingerprint density at radius 3 is 2.61 bits per heavy atom. The lowest BCUT2D eigenvalue weighted by molar-refractivity contribution is 0.0739. The van der Waals surface area contributed by atoms with Crippen molar-refractivity contribution in [3.63, 3.8) is 0 Å². The molecule has 0 aliphatic rings. The minimum Gasteiger partial charge on any atom is -0.497 e. The third-order valence-corrected chi connectivity index (χ3v) is 5.25. The quantitative estimate of drug-likeness (QED) is 0.437. The highest BCUT2D eigenvalue weighted by atomic mass is 35.5. The summed E-state index contributed by atoms with van der Waals surface area (Å²) in [5.41, 5.74) is 0.782. The van der Waals surface area contributed by atoms with Gasteiger partial charge in [-0.2, -0.15) is 0 Å². The number of carbonyl (C=O) groups is 1. The first-order valence-corrected chi connectivity index (χ1v) is 8.31. The number of aryl methyl sites for hydroxylation is 1. The van der Waals surface area contributed by atoms with Gasteiger partial charge in [-0.1, -0.05) is 23.2 Å². The van der Waals surface area contributed by atoms with Gasteiger partial charge in [0.1, 0.15) is 16.4 Å². The van der Waals surface area contributed by atoms with Gasteiger partial charge < -0.3 is 9.47 Å². The Morgan fingerprint density at radius 1 is 1.13 bits per heavy atom. The van der Waals surface area contributed by atoms with Crippen LogP contribution in [0.3, 0.4) is 0 Å². The summed E-state index contributed by atoms with van der Waals surface area (Å²) < 4.78 is 11.5. The molecule has 0 N–H and O–H groups in total. The van der Waals surface area contributed by atoms with Crippen molar-refractivity contribution in [3.8, 4) is 11.5 Å². The Bertz CT molecular complexity index is 902. The highest BCUT2D eigenvalue weighted by molar-refractivity contribution is 7.21. The molecular formula is C17H12Cl2O3S. The molecule has 0 amide bonds. The Kier molecular flexibility index (Phi) is 4.48. The summed E-state index contributed by atoms with van der Waals surface area (Å²) in [6, 6.07) is 10.6. The molecular weight excluding hydrogens is 355 g/mol. The highest BCUT2D eigenvalue weighted by Gasteiger charge is 2.20. The monoisotopic (exact) mass is 366 g/mol. The van der Waals surface area contributed by atoms with E-state index in [0.29, 0.717) is 26.4 Å². The molecule has 23 heavy (non-hydrogen) atoms. The van der Waals surface area contributed by atoms with E-state index in [1.165, 1.54) is 11.3 Å². The maximum absolute atomic E-state index is 12.4. The molecule has 3 aromatic rings. The minimum absolute atomic E-state index is 0.365. The summed E-state index contributed by atoms with van der Waals surface area (Å²) in [7, 11) is 1.58. The van der Waals surface area contributed by atoms with Crippen LogP contribution in [0.15, 0.2) is 36.4 Å². The van der Waals surface area contributed by atoms with Crippen molar-refractivity contribution in [2.45, 2.75) is 6.92 Å². The number of halogens is 2. The molecule has 0 fully saturated rings. The van der Waals surface area contributed by atoms with E-state index in [0.717, 1.165) is 15.6 Å². The van der Waals surface area contributed by atoms with Crippen molar-refractivity contribution in [2.24, 2.45) is 0 Å². The lowest BCUT2D eigenvalue weighted by Crippen LogP contribution is -2.07. The molecule has 0 spiro atoms. The smallest absolute Gasteiger partial charge is 0.355 e. The maximum Gasteiger partial charge on any atom is 0.355 e. The van der Waals surface area contributed by atoms with Crippen LogP contribution in [0.1, 0.15) is 15.2 Å². The van der Waals surface area contributed by atoms with Crippen LogP contribution in [0.5, 0.6) is 11.5 Å². The molecule has 118 valence electrons. The zero-order valence-electron chi connectivity index (χ0n) is 12.4. The molecule has 6 heteroatoms. The normalized spacial score (nSPS) is 10.8. The molecule has 0 aliphatic heterocycles. The number of ether oxygens (including phenoxy) is 2. The number of esters is 1. The van der Waals surface area contributed by atoms with E-state index in [2.05, 4.69) is 0 Å². The van der Waals surface area contributed by atoms with Crippen LogP contribution in [-0.2, 0) is 0 Å². The Balaban J connectivity index is 1.96. The minimum atomic E-state index is -0.486. The number of fused-ring (bicyclic) bond motifs is 1. The molecule has 0 aliphatic carbocycles. The predicted molar refractivity (Wildman–Crippen MR) is 94.5 cm³/mol. The van der Waals surface area contributed by atoms with Gasteiger partial charge in [0.25, 0.3) is 0 Å². The van der Waals surface area contributed by atoms with Gasteiger partial charge in [0, 0.05) is 15.1 Å². The molecule has 0 atom stereocenters. The lowest BCUT2D eigenvalue weighted by atomic mass is 10.2. The molecule has 1 aromatic heterocycles. The van der Waals surface area contributed by atoms with Gasteiger partial charge in [-0.15, -0.1) is 11.3 Å². The van der Waals surface area contributed by atoms with E-state index < -0.39 is 5.97 Å². The molecule has 1 heterocycles. The summed E-state index contributed by atoms with van der Waals surface area (Å²) in [6.07, 6.45) is 0. The van der Waals surface area contributed by atoms with E-state index in [1.807, 2.05) is 19.1 Å². The van der Waals surface area contributed by atoms with Gasteiger partial charge >= 0.3 is 5.97 Å². The molecule has 0 saturated heterocycles. The summed E-state index contributed by atoms with van der Waals surface area (Å²) in [5, 5.41) is 1.74. The molecule has 0 saturated carbocycles. The van der Waals surface area contributed by atoms with Gasteiger partial charge in [-0.05, 0) is 48.9 Å². The first-order valence-electron chi connectivity index (χ1n) is 6.74. The first-order chi connectivity index (χ1) is 11.0. The van der Waals surface area contributed by atoms with Crippen molar-refractivity contribution in [1.82, 2.24) is 0 Å². The number of rotatable bonds is 3. The van der Waals surface area contributed by atoms with E-state index in [1.54, 1.807) is 31.4 Å². The van der Waals surface area contributed by atoms with Gasteiger partial charge in [-0.3, -0.25) is 0 Å². The van der Waals surface area contributed by atoms with Crippen molar-refractivity contribution >= 4 is 50.6 Å². The number of thiophene rings is 1. The van der Waals surface area contributed by atoms with Gasteiger partial charge in [-0.25, -0.2) is 4.79 Å². The Morgan fingerprint density at radius 2 is 1.91 bits per heavy atom. The Labute approximate surface area is 147 Å². The van der Waals surface area contributed by atoms with Crippen LogP contribution in [0, 0.1) is 6.92 Å². The molecule has 0 unspecified atom stereocenters. The standard InChI is InChI=1S/C17H12Cl2O3S/c1-9-7-10(18)3-5-13(9)22-17(20)16-15(19)12-8-11(21-2)4-6-14(12)23-16/h3-8H,1-2H3. The zero-order valence-corrected chi connectivity index (χ0v) is 14.7. The SMILES string of the molecule is COc1ccc2sc(C(=O)Oc3ccc(Cl)cc3C)c(Cl)c2c1. The van der Waals surface area contributed by atoms with Crippen LogP contribution >= 0.6 is 34.5 Å². The van der Waals surface area contributed by atoms with Crippen molar-refractivity contribution in [3.05, 3.63) is 56.9 Å². The lowest BCUT2D eigenvalue weighted by Gasteiger charge is -2.06. The average Bonchev–Trinajstić information content (AvgIpc) is 2.86. The average molecular weight is 367 g/mol. The maximum atomic E-state index is 12.4. The summed E-state index contributed by atoms with van der Waals surface area (Å²) in [4.78, 5) is 12.8. The third kappa shape index (κ3) is 3.15. The van der Waals surface area contributed by atoms with Crippen LogP contribution in [0.25, 0.3) is 10.1 Å². The number of hydrogen-bond donors (Lipinski definition) is 0. The first kappa shape index (κ1) is 16.1. The van der Waals surface area contributed by atoms with E-state index in [-0.39, 0.29) is 0 Å².